The van der Waals surface area contributed by atoms with Crippen LogP contribution in [0.5, 0.6) is 0 Å². The predicted molar refractivity (Wildman–Crippen MR) is 75.0 cm³/mol. The van der Waals surface area contributed by atoms with Crippen molar-refractivity contribution in [1.29, 1.82) is 0 Å². The smallest absolute Gasteiger partial charge is 0.153 e. The Hall–Kier alpha value is -2.62. The maximum atomic E-state index is 4.62. The third kappa shape index (κ3) is 1.53. The first-order valence-corrected chi connectivity index (χ1v) is 6.21. The summed E-state index contributed by atoms with van der Waals surface area (Å²) in [6.07, 6.45) is 3.94. The lowest BCUT2D eigenvalue weighted by Crippen LogP contribution is -1.92. The molecule has 1 aromatic carbocycles. The van der Waals surface area contributed by atoms with Crippen molar-refractivity contribution in [3.63, 3.8) is 0 Å². The van der Waals surface area contributed by atoms with E-state index in [2.05, 4.69) is 27.2 Å². The summed E-state index contributed by atoms with van der Waals surface area (Å²) >= 11 is 0. The van der Waals surface area contributed by atoms with Crippen LogP contribution >= 0.6 is 0 Å². The van der Waals surface area contributed by atoms with Crippen molar-refractivity contribution in [2.24, 2.45) is 0 Å². The van der Waals surface area contributed by atoms with Gasteiger partial charge in [-0.3, -0.25) is 0 Å². The van der Waals surface area contributed by atoms with E-state index in [1.807, 2.05) is 48.1 Å². The second-order valence-corrected chi connectivity index (χ2v) is 4.65. The molecule has 4 rings (SSSR count). The van der Waals surface area contributed by atoms with Gasteiger partial charge in [-0.15, -0.1) is 0 Å². The average Bonchev–Trinajstić information content (AvgIpc) is 2.99. The van der Waals surface area contributed by atoms with Crippen molar-refractivity contribution in [3.8, 4) is 11.3 Å². The molecule has 0 atom stereocenters. The summed E-state index contributed by atoms with van der Waals surface area (Å²) in [5.41, 5.74) is 5.04. The predicted octanol–water partition coefficient (Wildman–Crippen LogP) is 3.19. The molecule has 0 bridgehead atoms. The van der Waals surface area contributed by atoms with Crippen molar-refractivity contribution in [3.05, 3.63) is 54.5 Å². The van der Waals surface area contributed by atoms with Crippen LogP contribution < -0.4 is 0 Å². The van der Waals surface area contributed by atoms with E-state index < -0.39 is 0 Å². The molecule has 4 heteroatoms. The van der Waals surface area contributed by atoms with Crippen LogP contribution in [0.4, 0.5) is 0 Å². The number of aromatic nitrogens is 4. The third-order valence-corrected chi connectivity index (χ3v) is 3.31. The van der Waals surface area contributed by atoms with Gasteiger partial charge in [0.1, 0.15) is 0 Å². The number of benzene rings is 1. The Bertz CT molecular complexity index is 885. The van der Waals surface area contributed by atoms with E-state index in [1.54, 1.807) is 0 Å². The highest BCUT2D eigenvalue weighted by atomic mass is 15.2. The van der Waals surface area contributed by atoms with Gasteiger partial charge in [0.2, 0.25) is 0 Å². The Balaban J connectivity index is 1.98. The number of nitrogens with one attached hydrogen (secondary N) is 1. The molecule has 4 nitrogen and oxygen atoms in total. The van der Waals surface area contributed by atoms with Gasteiger partial charge >= 0.3 is 0 Å². The molecular formula is C15H12N4. The van der Waals surface area contributed by atoms with E-state index in [0.717, 1.165) is 28.1 Å². The monoisotopic (exact) mass is 248 g/mol. The molecule has 3 aromatic heterocycles. The van der Waals surface area contributed by atoms with E-state index in [1.165, 1.54) is 5.39 Å². The summed E-state index contributed by atoms with van der Waals surface area (Å²) in [5.74, 6) is 0. The molecule has 92 valence electrons. The summed E-state index contributed by atoms with van der Waals surface area (Å²) in [7, 11) is 0. The number of imidazole rings is 1. The summed E-state index contributed by atoms with van der Waals surface area (Å²) in [5, 5.41) is 5.81. The Labute approximate surface area is 109 Å². The molecule has 1 N–H and O–H groups in total. The number of H-pyrrole nitrogens is 1. The lowest BCUT2D eigenvalue weighted by Gasteiger charge is -1.99. The topological polar surface area (TPSA) is 46.0 Å². The molecule has 4 aromatic rings. The van der Waals surface area contributed by atoms with Crippen LogP contribution in [0.15, 0.2) is 48.8 Å². The maximum Gasteiger partial charge on any atom is 0.153 e. The summed E-state index contributed by atoms with van der Waals surface area (Å²) in [6.45, 7) is 1.97. The fourth-order valence-corrected chi connectivity index (χ4v) is 2.43. The van der Waals surface area contributed by atoms with Crippen LogP contribution in [0.1, 0.15) is 5.69 Å². The highest BCUT2D eigenvalue weighted by Crippen LogP contribution is 2.26. The lowest BCUT2D eigenvalue weighted by atomic mass is 10.1. The number of rotatable bonds is 1. The molecule has 0 unspecified atom stereocenters. The second-order valence-electron chi connectivity index (χ2n) is 4.65. The van der Waals surface area contributed by atoms with Gasteiger partial charge in [-0.2, -0.15) is 5.10 Å². The van der Waals surface area contributed by atoms with E-state index in [4.69, 9.17) is 0 Å². The Morgan fingerprint density at radius 2 is 2.00 bits per heavy atom. The Morgan fingerprint density at radius 1 is 1.11 bits per heavy atom. The molecule has 3 heterocycles. The van der Waals surface area contributed by atoms with Gasteiger partial charge in [0, 0.05) is 22.7 Å². The first-order chi connectivity index (χ1) is 9.31. The van der Waals surface area contributed by atoms with Gasteiger partial charge in [0.25, 0.3) is 0 Å². The average molecular weight is 248 g/mol. The maximum absolute atomic E-state index is 4.62. The largest absolute Gasteiger partial charge is 0.360 e. The van der Waals surface area contributed by atoms with Gasteiger partial charge in [-0.05, 0) is 25.1 Å². The molecule has 0 aliphatic carbocycles. The van der Waals surface area contributed by atoms with Gasteiger partial charge in [-0.25, -0.2) is 9.50 Å². The van der Waals surface area contributed by atoms with Gasteiger partial charge in [0.15, 0.2) is 5.65 Å². The van der Waals surface area contributed by atoms with Crippen LogP contribution in [-0.4, -0.2) is 19.6 Å². The fourth-order valence-electron chi connectivity index (χ4n) is 2.43. The minimum atomic E-state index is 0.876. The van der Waals surface area contributed by atoms with Gasteiger partial charge in [0.05, 0.1) is 17.6 Å². The number of para-hydroxylation sites is 1. The highest BCUT2D eigenvalue weighted by Gasteiger charge is 2.08. The Morgan fingerprint density at radius 3 is 2.95 bits per heavy atom. The SMILES string of the molecule is Cc1cn2nc(-c3c[nH]c4ccccc34)ccc2n1. The standard InChI is InChI=1S/C15H12N4/c1-10-9-19-15(17-10)7-6-14(18-19)12-8-16-13-5-3-2-4-11(12)13/h2-9,16H,1H3. The number of hydrogen-bond acceptors (Lipinski definition) is 2. The minimum absolute atomic E-state index is 0.876. The van der Waals surface area contributed by atoms with Crippen LogP contribution in [-0.2, 0) is 0 Å². The minimum Gasteiger partial charge on any atom is -0.360 e. The van der Waals surface area contributed by atoms with Gasteiger partial charge in [-0.1, -0.05) is 18.2 Å². The van der Waals surface area contributed by atoms with E-state index in [9.17, 15) is 0 Å². The quantitative estimate of drug-likeness (QED) is 0.562. The first kappa shape index (κ1) is 10.3. The molecular weight excluding hydrogens is 236 g/mol. The van der Waals surface area contributed by atoms with Crippen molar-refractivity contribution < 1.29 is 0 Å². The molecule has 0 saturated carbocycles. The zero-order chi connectivity index (χ0) is 12.8. The number of aryl methyl sites for hydroxylation is 1. The van der Waals surface area contributed by atoms with Crippen molar-refractivity contribution in [1.82, 2.24) is 19.6 Å². The van der Waals surface area contributed by atoms with E-state index >= 15 is 0 Å². The van der Waals surface area contributed by atoms with Crippen molar-refractivity contribution in [2.75, 3.05) is 0 Å². The van der Waals surface area contributed by atoms with E-state index in [0.29, 0.717) is 0 Å². The molecule has 0 spiro atoms. The summed E-state index contributed by atoms with van der Waals surface area (Å²) < 4.78 is 1.83. The Kier molecular flexibility index (Phi) is 2.00. The third-order valence-electron chi connectivity index (χ3n) is 3.31. The molecule has 0 aliphatic rings. The van der Waals surface area contributed by atoms with E-state index in [-0.39, 0.29) is 0 Å². The highest BCUT2D eigenvalue weighted by molar-refractivity contribution is 5.94. The van der Waals surface area contributed by atoms with Crippen molar-refractivity contribution in [2.45, 2.75) is 6.92 Å². The van der Waals surface area contributed by atoms with Gasteiger partial charge < -0.3 is 4.98 Å². The van der Waals surface area contributed by atoms with Crippen LogP contribution in [0, 0.1) is 6.92 Å². The van der Waals surface area contributed by atoms with Crippen LogP contribution in [0.2, 0.25) is 0 Å². The summed E-state index contributed by atoms with van der Waals surface area (Å²) in [4.78, 5) is 7.67. The number of fused-ring (bicyclic) bond motifs is 2. The second kappa shape index (κ2) is 3.68. The number of hydrogen-bond donors (Lipinski definition) is 1. The molecule has 0 fully saturated rings. The fraction of sp³-hybridized carbons (Fsp3) is 0.0667. The zero-order valence-electron chi connectivity index (χ0n) is 10.5. The van der Waals surface area contributed by atoms with Crippen LogP contribution in [0.3, 0.4) is 0 Å². The van der Waals surface area contributed by atoms with Crippen LogP contribution in [0.25, 0.3) is 27.8 Å². The first-order valence-electron chi connectivity index (χ1n) is 6.21. The normalized spacial score (nSPS) is 11.4. The number of aromatic amines is 1. The molecule has 0 amide bonds. The van der Waals surface area contributed by atoms with Crippen molar-refractivity contribution >= 4 is 16.6 Å². The summed E-state index contributed by atoms with van der Waals surface area (Å²) in [6, 6.07) is 12.2. The number of nitrogens with zero attached hydrogens (tertiary/aromatic N) is 3. The molecule has 0 saturated heterocycles. The lowest BCUT2D eigenvalue weighted by molar-refractivity contribution is 0.942. The molecule has 0 aliphatic heterocycles. The molecule has 19 heavy (non-hydrogen) atoms. The molecule has 0 radical (unpaired) electrons. The zero-order valence-corrected chi connectivity index (χ0v) is 10.5.